The predicted octanol–water partition coefficient (Wildman–Crippen LogP) is 7.21. The number of aryl methyl sites for hydroxylation is 2. The lowest BCUT2D eigenvalue weighted by Gasteiger charge is -2.20. The van der Waals surface area contributed by atoms with Gasteiger partial charge in [-0.25, -0.2) is 0 Å². The van der Waals surface area contributed by atoms with Gasteiger partial charge in [-0.2, -0.15) is 0 Å². The van der Waals surface area contributed by atoms with E-state index in [1.54, 1.807) is 20.3 Å². The van der Waals surface area contributed by atoms with Crippen molar-refractivity contribution < 1.29 is 14.6 Å². The molecule has 0 radical (unpaired) electrons. The maximum atomic E-state index is 11.0. The highest BCUT2D eigenvalue weighted by Crippen LogP contribution is 2.49. The summed E-state index contributed by atoms with van der Waals surface area (Å²) in [4.78, 5) is 0. The fourth-order valence-electron chi connectivity index (χ4n) is 4.00. The van der Waals surface area contributed by atoms with E-state index in [1.165, 1.54) is 3.57 Å². The van der Waals surface area contributed by atoms with E-state index in [9.17, 15) is 5.11 Å². The molecule has 4 rings (SSSR count). The van der Waals surface area contributed by atoms with Crippen molar-refractivity contribution in [3.8, 4) is 28.4 Å². The van der Waals surface area contributed by atoms with Crippen LogP contribution < -0.4 is 9.47 Å². The third-order valence-corrected chi connectivity index (χ3v) is 6.60. The standard InChI is InChI=1S/C24H20I2O3/c1-12-7-20(28-3)23(16-6-5-14(25)9-17(12)16)24-21(29-4)8-13(2)18-10-15(26)11-19(27)22(18)24/h5-11,27H,1-4H3. The van der Waals surface area contributed by atoms with E-state index in [4.69, 9.17) is 9.47 Å². The van der Waals surface area contributed by atoms with E-state index in [0.717, 1.165) is 53.1 Å². The predicted molar refractivity (Wildman–Crippen MR) is 137 cm³/mol. The van der Waals surface area contributed by atoms with Gasteiger partial charge in [0.25, 0.3) is 0 Å². The van der Waals surface area contributed by atoms with Gasteiger partial charge in [-0.05, 0) is 123 Å². The molecule has 4 aromatic carbocycles. The van der Waals surface area contributed by atoms with Crippen molar-refractivity contribution >= 4 is 66.7 Å². The molecule has 4 aromatic rings. The van der Waals surface area contributed by atoms with Gasteiger partial charge in [0.1, 0.15) is 17.2 Å². The summed E-state index contributed by atoms with van der Waals surface area (Å²) in [7, 11) is 3.35. The molecule has 0 aliphatic heterocycles. The average molecular weight is 610 g/mol. The summed E-state index contributed by atoms with van der Waals surface area (Å²) in [6, 6.07) is 14.4. The Morgan fingerprint density at radius 1 is 0.690 bits per heavy atom. The van der Waals surface area contributed by atoms with Crippen molar-refractivity contribution in [3.05, 3.63) is 60.7 Å². The Bertz CT molecular complexity index is 1280. The van der Waals surface area contributed by atoms with Gasteiger partial charge < -0.3 is 14.6 Å². The van der Waals surface area contributed by atoms with Gasteiger partial charge in [0.05, 0.1) is 14.2 Å². The van der Waals surface area contributed by atoms with Crippen molar-refractivity contribution in [2.45, 2.75) is 13.8 Å². The number of ether oxygens (including phenoxy) is 2. The second kappa shape index (κ2) is 7.83. The number of phenolic OH excluding ortho intramolecular Hbond substituents is 1. The number of hydrogen-bond donors (Lipinski definition) is 1. The van der Waals surface area contributed by atoms with Crippen LogP contribution in [-0.2, 0) is 0 Å². The first-order valence-electron chi connectivity index (χ1n) is 9.12. The van der Waals surface area contributed by atoms with Crippen LogP contribution in [0, 0.1) is 21.0 Å². The van der Waals surface area contributed by atoms with Crippen LogP contribution in [0.5, 0.6) is 17.2 Å². The van der Waals surface area contributed by atoms with E-state index in [-0.39, 0.29) is 5.75 Å². The molecule has 0 spiro atoms. The normalized spacial score (nSPS) is 11.2. The zero-order valence-electron chi connectivity index (χ0n) is 16.6. The number of aromatic hydroxyl groups is 1. The van der Waals surface area contributed by atoms with Gasteiger partial charge in [-0.15, -0.1) is 0 Å². The molecular weight excluding hydrogens is 590 g/mol. The van der Waals surface area contributed by atoms with Crippen LogP contribution in [0.25, 0.3) is 32.7 Å². The summed E-state index contributed by atoms with van der Waals surface area (Å²) < 4.78 is 13.8. The van der Waals surface area contributed by atoms with Crippen molar-refractivity contribution in [3.63, 3.8) is 0 Å². The highest BCUT2D eigenvalue weighted by molar-refractivity contribution is 14.1. The maximum Gasteiger partial charge on any atom is 0.127 e. The van der Waals surface area contributed by atoms with Gasteiger partial charge in [-0.1, -0.05) is 6.07 Å². The van der Waals surface area contributed by atoms with E-state index < -0.39 is 0 Å². The summed E-state index contributed by atoms with van der Waals surface area (Å²) >= 11 is 4.57. The number of hydrogen-bond acceptors (Lipinski definition) is 3. The molecule has 0 unspecified atom stereocenters. The molecule has 3 nitrogen and oxygen atoms in total. The lowest BCUT2D eigenvalue weighted by Crippen LogP contribution is -1.98. The molecule has 0 aliphatic carbocycles. The Balaban J connectivity index is 2.28. The molecule has 0 saturated heterocycles. The molecule has 0 atom stereocenters. The summed E-state index contributed by atoms with van der Waals surface area (Å²) in [5.74, 6) is 1.72. The van der Waals surface area contributed by atoms with Gasteiger partial charge in [0.15, 0.2) is 0 Å². The Morgan fingerprint density at radius 3 is 1.93 bits per heavy atom. The number of fused-ring (bicyclic) bond motifs is 2. The average Bonchev–Trinajstić information content (AvgIpc) is 2.68. The molecule has 0 saturated carbocycles. The third kappa shape index (κ3) is 3.42. The van der Waals surface area contributed by atoms with E-state index in [0.29, 0.717) is 5.75 Å². The minimum atomic E-state index is 0.241. The third-order valence-electron chi connectivity index (χ3n) is 5.31. The van der Waals surface area contributed by atoms with Crippen LogP contribution in [-0.4, -0.2) is 19.3 Å². The first-order chi connectivity index (χ1) is 13.8. The second-order valence-corrected chi connectivity index (χ2v) is 9.57. The molecule has 0 bridgehead atoms. The molecular formula is C24H20I2O3. The number of benzene rings is 4. The Kier molecular flexibility index (Phi) is 5.54. The smallest absolute Gasteiger partial charge is 0.127 e. The Labute approximate surface area is 197 Å². The molecule has 1 N–H and O–H groups in total. The molecule has 0 fully saturated rings. The molecule has 29 heavy (non-hydrogen) atoms. The van der Waals surface area contributed by atoms with Crippen molar-refractivity contribution in [1.29, 1.82) is 0 Å². The molecule has 0 heterocycles. The fourth-order valence-corrected chi connectivity index (χ4v) is 5.10. The summed E-state index contributed by atoms with van der Waals surface area (Å²) in [5, 5.41) is 15.0. The Hall–Kier alpha value is -1.74. The highest BCUT2D eigenvalue weighted by Gasteiger charge is 2.22. The van der Waals surface area contributed by atoms with Gasteiger partial charge >= 0.3 is 0 Å². The molecule has 5 heteroatoms. The van der Waals surface area contributed by atoms with Crippen molar-refractivity contribution in [2.24, 2.45) is 0 Å². The zero-order chi connectivity index (χ0) is 20.9. The molecule has 148 valence electrons. The quantitative estimate of drug-likeness (QED) is 0.250. The monoisotopic (exact) mass is 610 g/mol. The van der Waals surface area contributed by atoms with Crippen molar-refractivity contribution in [1.82, 2.24) is 0 Å². The lowest BCUT2D eigenvalue weighted by atomic mass is 9.89. The summed E-state index contributed by atoms with van der Waals surface area (Å²) in [6.45, 7) is 4.13. The topological polar surface area (TPSA) is 38.7 Å². The number of methoxy groups -OCH3 is 2. The van der Waals surface area contributed by atoms with E-state index in [1.807, 2.05) is 13.0 Å². The minimum absolute atomic E-state index is 0.241. The van der Waals surface area contributed by atoms with Crippen molar-refractivity contribution in [2.75, 3.05) is 14.2 Å². The lowest BCUT2D eigenvalue weighted by molar-refractivity contribution is 0.410. The van der Waals surface area contributed by atoms with Gasteiger partial charge in [0.2, 0.25) is 0 Å². The first kappa shape index (κ1) is 20.5. The van der Waals surface area contributed by atoms with Crippen LogP contribution in [0.3, 0.4) is 0 Å². The number of rotatable bonds is 3. The highest BCUT2D eigenvalue weighted by atomic mass is 127. The number of phenols is 1. The zero-order valence-corrected chi connectivity index (χ0v) is 20.9. The van der Waals surface area contributed by atoms with Gasteiger partial charge in [-0.3, -0.25) is 0 Å². The van der Waals surface area contributed by atoms with Crippen LogP contribution in [0.1, 0.15) is 11.1 Å². The molecule has 0 aliphatic rings. The van der Waals surface area contributed by atoms with Crippen LogP contribution in [0.2, 0.25) is 0 Å². The maximum absolute atomic E-state index is 11.0. The number of halogens is 2. The molecule has 0 amide bonds. The largest absolute Gasteiger partial charge is 0.507 e. The summed E-state index contributed by atoms with van der Waals surface area (Å²) in [6.07, 6.45) is 0. The Morgan fingerprint density at radius 2 is 1.28 bits per heavy atom. The van der Waals surface area contributed by atoms with Gasteiger partial charge in [0, 0.05) is 23.7 Å². The van der Waals surface area contributed by atoms with E-state index in [2.05, 4.69) is 82.4 Å². The van der Waals surface area contributed by atoms with Crippen LogP contribution in [0.15, 0.2) is 42.5 Å². The fraction of sp³-hybridized carbons (Fsp3) is 0.167. The van der Waals surface area contributed by atoms with Crippen LogP contribution >= 0.6 is 45.2 Å². The second-order valence-electron chi connectivity index (χ2n) is 7.08. The van der Waals surface area contributed by atoms with E-state index >= 15 is 0 Å². The SMILES string of the molecule is COc1cc(C)c2cc(I)ccc2c1-c1c(OC)cc(C)c2cc(I)cc(O)c12. The molecule has 0 aromatic heterocycles. The minimum Gasteiger partial charge on any atom is -0.507 e. The van der Waals surface area contributed by atoms with Crippen LogP contribution in [0.4, 0.5) is 0 Å². The first-order valence-corrected chi connectivity index (χ1v) is 11.3. The summed E-state index contributed by atoms with van der Waals surface area (Å²) in [5.41, 5.74) is 3.99.